The summed E-state index contributed by atoms with van der Waals surface area (Å²) >= 11 is 6.25. The van der Waals surface area contributed by atoms with Crippen molar-refractivity contribution in [2.24, 2.45) is 0 Å². The fraction of sp³-hybridized carbons (Fsp3) is 0.333. The first-order valence-electron chi connectivity index (χ1n) is 11.7. The number of sulfonamides is 1. The number of unbranched alkanes of at least 4 members (excludes halogenated alkanes) is 1. The number of aryl methyl sites for hydroxylation is 1. The van der Waals surface area contributed by atoms with Crippen molar-refractivity contribution >= 4 is 27.6 Å². The van der Waals surface area contributed by atoms with Gasteiger partial charge in [-0.15, -0.1) is 0 Å². The predicted octanol–water partition coefficient (Wildman–Crippen LogP) is 6.28. The van der Waals surface area contributed by atoms with Crippen LogP contribution in [-0.2, 0) is 21.2 Å². The zero-order valence-electron chi connectivity index (χ0n) is 20.2. The molecule has 1 aromatic heterocycles. The van der Waals surface area contributed by atoms with Gasteiger partial charge >= 0.3 is 5.97 Å². The van der Waals surface area contributed by atoms with Crippen molar-refractivity contribution in [2.45, 2.75) is 57.4 Å². The van der Waals surface area contributed by atoms with E-state index in [9.17, 15) is 13.2 Å². The van der Waals surface area contributed by atoms with Gasteiger partial charge in [-0.05, 0) is 85.2 Å². The lowest BCUT2D eigenvalue weighted by Crippen LogP contribution is -2.35. The molecule has 0 saturated heterocycles. The van der Waals surface area contributed by atoms with E-state index < -0.39 is 22.0 Å². The topological polar surface area (TPSA) is 87.6 Å². The Morgan fingerprint density at radius 2 is 1.89 bits per heavy atom. The Bertz CT molecular complexity index is 1290. The third-order valence-electron chi connectivity index (χ3n) is 6.22. The number of benzene rings is 2. The third-order valence-corrected chi connectivity index (χ3v) is 8.74. The predicted molar refractivity (Wildman–Crippen MR) is 139 cm³/mol. The van der Waals surface area contributed by atoms with Gasteiger partial charge in [-0.25, -0.2) is 8.42 Å². The molecule has 1 unspecified atom stereocenters. The standard InChI is InChI=1S/C27H31ClN2O4S/c1-4-21-18-29-15-14-24(21)23-10-7-9-22(17-23)20(3)30(16-6-5-13-27(31)32)35(33,34)26-12-8-11-25(28)19(26)2/h7-12,14-15,17-18,20H,4-6,13,16H2,1-3H3,(H,31,32). The molecule has 1 heterocycles. The number of pyridine rings is 1. The Balaban J connectivity index is 2.02. The van der Waals surface area contributed by atoms with E-state index in [1.807, 2.05) is 43.5 Å². The van der Waals surface area contributed by atoms with Crippen LogP contribution in [0.5, 0.6) is 0 Å². The Hall–Kier alpha value is -2.74. The lowest BCUT2D eigenvalue weighted by molar-refractivity contribution is -0.137. The average Bonchev–Trinajstić information content (AvgIpc) is 2.85. The maximum atomic E-state index is 13.8. The summed E-state index contributed by atoms with van der Waals surface area (Å²) in [6, 6.07) is 14.2. The molecule has 3 rings (SSSR count). The molecule has 0 amide bonds. The van der Waals surface area contributed by atoms with Crippen molar-refractivity contribution < 1.29 is 18.3 Å². The number of hydrogen-bond acceptors (Lipinski definition) is 4. The Morgan fingerprint density at radius 1 is 1.14 bits per heavy atom. The minimum absolute atomic E-state index is 0.00418. The van der Waals surface area contributed by atoms with Crippen LogP contribution in [0.4, 0.5) is 0 Å². The van der Waals surface area contributed by atoms with Gasteiger partial charge in [0.25, 0.3) is 0 Å². The van der Waals surface area contributed by atoms with E-state index in [0.717, 1.165) is 28.7 Å². The zero-order valence-corrected chi connectivity index (χ0v) is 21.8. The highest BCUT2D eigenvalue weighted by Crippen LogP contribution is 2.33. The minimum Gasteiger partial charge on any atom is -0.481 e. The highest BCUT2D eigenvalue weighted by Gasteiger charge is 2.31. The summed E-state index contributed by atoms with van der Waals surface area (Å²) in [5, 5.41) is 9.39. The molecule has 1 atom stereocenters. The van der Waals surface area contributed by atoms with E-state index in [0.29, 0.717) is 23.4 Å². The number of hydrogen-bond donors (Lipinski definition) is 1. The smallest absolute Gasteiger partial charge is 0.303 e. The molecule has 0 bridgehead atoms. The van der Waals surface area contributed by atoms with Crippen LogP contribution in [0.2, 0.25) is 5.02 Å². The van der Waals surface area contributed by atoms with Crippen molar-refractivity contribution in [1.82, 2.24) is 9.29 Å². The molecule has 0 fully saturated rings. The number of aliphatic carboxylic acids is 1. The van der Waals surface area contributed by atoms with E-state index in [1.165, 1.54) is 4.31 Å². The number of carboxylic acid groups (broad SMARTS) is 1. The fourth-order valence-corrected chi connectivity index (χ4v) is 6.32. The number of nitrogens with zero attached hydrogens (tertiary/aromatic N) is 2. The monoisotopic (exact) mass is 514 g/mol. The van der Waals surface area contributed by atoms with Crippen molar-refractivity contribution in [1.29, 1.82) is 0 Å². The zero-order chi connectivity index (χ0) is 25.6. The van der Waals surface area contributed by atoms with Gasteiger partial charge < -0.3 is 5.11 Å². The van der Waals surface area contributed by atoms with E-state index in [2.05, 4.69) is 11.9 Å². The average molecular weight is 515 g/mol. The second-order valence-corrected chi connectivity index (χ2v) is 10.8. The molecule has 0 aliphatic rings. The molecule has 8 heteroatoms. The maximum absolute atomic E-state index is 13.8. The highest BCUT2D eigenvalue weighted by atomic mass is 35.5. The molecule has 3 aromatic rings. The number of aromatic nitrogens is 1. The lowest BCUT2D eigenvalue weighted by atomic mass is 9.97. The molecule has 35 heavy (non-hydrogen) atoms. The summed E-state index contributed by atoms with van der Waals surface area (Å²) in [5.74, 6) is -0.894. The van der Waals surface area contributed by atoms with Crippen LogP contribution >= 0.6 is 11.6 Å². The van der Waals surface area contributed by atoms with Crippen LogP contribution in [0.1, 0.15) is 55.8 Å². The quantitative estimate of drug-likeness (QED) is 0.304. The van der Waals surface area contributed by atoms with E-state index in [1.54, 1.807) is 31.3 Å². The van der Waals surface area contributed by atoms with Gasteiger partial charge in [0.1, 0.15) is 0 Å². The van der Waals surface area contributed by atoms with E-state index in [-0.39, 0.29) is 17.9 Å². The fourth-order valence-electron chi connectivity index (χ4n) is 4.18. The van der Waals surface area contributed by atoms with Crippen molar-refractivity contribution in [3.8, 4) is 11.1 Å². The first-order chi connectivity index (χ1) is 16.7. The van der Waals surface area contributed by atoms with Crippen LogP contribution in [0.25, 0.3) is 11.1 Å². The molecule has 0 aliphatic carbocycles. The largest absolute Gasteiger partial charge is 0.481 e. The second-order valence-electron chi connectivity index (χ2n) is 8.52. The van der Waals surface area contributed by atoms with Gasteiger partial charge in [-0.2, -0.15) is 4.31 Å². The SMILES string of the molecule is CCc1cnccc1-c1cccc(C(C)N(CCCCC(=O)O)S(=O)(=O)c2cccc(Cl)c2C)c1. The van der Waals surface area contributed by atoms with Gasteiger partial charge in [-0.3, -0.25) is 9.78 Å². The van der Waals surface area contributed by atoms with Gasteiger partial charge in [0.05, 0.1) is 4.90 Å². The Labute approximate surface area is 212 Å². The maximum Gasteiger partial charge on any atom is 0.303 e. The Kier molecular flexibility index (Phi) is 9.05. The summed E-state index contributed by atoms with van der Waals surface area (Å²) in [6.07, 6.45) is 5.26. The summed E-state index contributed by atoms with van der Waals surface area (Å²) < 4.78 is 29.2. The van der Waals surface area contributed by atoms with Crippen molar-refractivity contribution in [3.05, 3.63) is 82.6 Å². The molecular weight excluding hydrogens is 484 g/mol. The summed E-state index contributed by atoms with van der Waals surface area (Å²) in [5.41, 5.74) is 4.52. The Morgan fingerprint density at radius 3 is 2.60 bits per heavy atom. The molecule has 2 aromatic carbocycles. The molecule has 186 valence electrons. The lowest BCUT2D eigenvalue weighted by Gasteiger charge is -2.30. The number of carbonyl (C=O) groups is 1. The van der Waals surface area contributed by atoms with E-state index >= 15 is 0 Å². The number of carboxylic acids is 1. The van der Waals surface area contributed by atoms with Crippen LogP contribution in [-0.4, -0.2) is 35.3 Å². The van der Waals surface area contributed by atoms with Crippen LogP contribution in [0.3, 0.4) is 0 Å². The molecule has 0 spiro atoms. The summed E-state index contributed by atoms with van der Waals surface area (Å²) in [7, 11) is -3.90. The molecule has 0 saturated carbocycles. The van der Waals surface area contributed by atoms with Gasteiger partial charge in [-0.1, -0.05) is 42.8 Å². The van der Waals surface area contributed by atoms with Crippen molar-refractivity contribution in [2.75, 3.05) is 6.54 Å². The van der Waals surface area contributed by atoms with Gasteiger partial charge in [0, 0.05) is 36.4 Å². The van der Waals surface area contributed by atoms with Gasteiger partial charge in [0.2, 0.25) is 10.0 Å². The number of halogens is 1. The summed E-state index contributed by atoms with van der Waals surface area (Å²) in [4.78, 5) is 15.4. The molecule has 0 radical (unpaired) electrons. The van der Waals surface area contributed by atoms with Crippen LogP contribution < -0.4 is 0 Å². The third kappa shape index (κ3) is 6.28. The summed E-state index contributed by atoms with van der Waals surface area (Å²) in [6.45, 7) is 5.83. The van der Waals surface area contributed by atoms with Gasteiger partial charge in [0.15, 0.2) is 0 Å². The molecular formula is C27H31ClN2O4S. The molecule has 0 aliphatic heterocycles. The second kappa shape index (κ2) is 11.8. The molecule has 1 N–H and O–H groups in total. The normalized spacial score (nSPS) is 12.6. The van der Waals surface area contributed by atoms with Crippen LogP contribution in [0, 0.1) is 6.92 Å². The minimum atomic E-state index is -3.90. The first-order valence-corrected chi connectivity index (χ1v) is 13.5. The first kappa shape index (κ1) is 26.9. The van der Waals surface area contributed by atoms with Crippen LogP contribution in [0.15, 0.2) is 65.8 Å². The highest BCUT2D eigenvalue weighted by molar-refractivity contribution is 7.89. The molecule has 6 nitrogen and oxygen atoms in total. The van der Waals surface area contributed by atoms with E-state index in [4.69, 9.17) is 16.7 Å². The van der Waals surface area contributed by atoms with Crippen molar-refractivity contribution in [3.63, 3.8) is 0 Å². The number of rotatable bonds is 11.